The third-order valence-corrected chi connectivity index (χ3v) is 3.66. The number of benzene rings is 1. The van der Waals surface area contributed by atoms with Crippen LogP contribution in [0, 0.1) is 0 Å². The minimum absolute atomic E-state index is 0.0343. The molecule has 0 spiro atoms. The molecule has 0 aliphatic rings. The normalized spacial score (nSPS) is 11.7. The Balaban J connectivity index is 1.91. The van der Waals surface area contributed by atoms with E-state index in [4.69, 9.17) is 14.2 Å². The zero-order chi connectivity index (χ0) is 21.3. The smallest absolute Gasteiger partial charge is 0.421 e. The Bertz CT molecular complexity index is 829. The van der Waals surface area contributed by atoms with Crippen molar-refractivity contribution in [2.24, 2.45) is 4.99 Å². The highest BCUT2D eigenvalue weighted by Gasteiger charge is 2.34. The number of pyridine rings is 1. The molecular weight excluding hydrogens is 389 g/mol. The van der Waals surface area contributed by atoms with Crippen LogP contribution < -0.4 is 24.8 Å². The van der Waals surface area contributed by atoms with Gasteiger partial charge in [-0.15, -0.1) is 0 Å². The summed E-state index contributed by atoms with van der Waals surface area (Å²) in [5.41, 5.74) is -0.215. The molecule has 29 heavy (non-hydrogen) atoms. The summed E-state index contributed by atoms with van der Waals surface area (Å²) in [5.74, 6) is 1.14. The van der Waals surface area contributed by atoms with Gasteiger partial charge in [-0.05, 0) is 31.2 Å². The second-order valence-electron chi connectivity index (χ2n) is 5.62. The van der Waals surface area contributed by atoms with Crippen LogP contribution >= 0.6 is 0 Å². The summed E-state index contributed by atoms with van der Waals surface area (Å²) in [4.78, 5) is 7.72. The SMILES string of the molecule is CCOc1ccc(NC(=NC)NCCOc2ncccc2C(F)(F)F)cc1OC. The first-order chi connectivity index (χ1) is 13.9. The van der Waals surface area contributed by atoms with E-state index in [0.29, 0.717) is 29.8 Å². The van der Waals surface area contributed by atoms with Crippen LogP contribution in [0.15, 0.2) is 41.5 Å². The number of rotatable bonds is 8. The molecule has 0 atom stereocenters. The first-order valence-electron chi connectivity index (χ1n) is 8.82. The van der Waals surface area contributed by atoms with Crippen molar-refractivity contribution >= 4 is 11.6 Å². The fraction of sp³-hybridized carbons (Fsp3) is 0.368. The summed E-state index contributed by atoms with van der Waals surface area (Å²) in [6.45, 7) is 2.57. The molecule has 7 nitrogen and oxygen atoms in total. The maximum absolute atomic E-state index is 12.9. The number of halogens is 3. The zero-order valence-corrected chi connectivity index (χ0v) is 16.3. The molecule has 0 fully saturated rings. The van der Waals surface area contributed by atoms with Crippen molar-refractivity contribution in [1.29, 1.82) is 0 Å². The molecule has 158 valence electrons. The van der Waals surface area contributed by atoms with Gasteiger partial charge in [-0.3, -0.25) is 4.99 Å². The molecule has 0 saturated heterocycles. The molecule has 0 amide bonds. The zero-order valence-electron chi connectivity index (χ0n) is 16.3. The van der Waals surface area contributed by atoms with Crippen LogP contribution in [0.3, 0.4) is 0 Å². The number of anilines is 1. The van der Waals surface area contributed by atoms with E-state index in [1.54, 1.807) is 32.4 Å². The summed E-state index contributed by atoms with van der Waals surface area (Å²) in [6, 6.07) is 7.44. The van der Waals surface area contributed by atoms with Crippen molar-refractivity contribution in [3.05, 3.63) is 42.1 Å². The summed E-state index contributed by atoms with van der Waals surface area (Å²) in [5, 5.41) is 6.02. The van der Waals surface area contributed by atoms with Crippen molar-refractivity contribution in [3.63, 3.8) is 0 Å². The third kappa shape index (κ3) is 6.44. The monoisotopic (exact) mass is 412 g/mol. The number of ether oxygens (including phenoxy) is 3. The van der Waals surface area contributed by atoms with Gasteiger partial charge in [-0.25, -0.2) is 4.98 Å². The Morgan fingerprint density at radius 2 is 1.97 bits per heavy atom. The van der Waals surface area contributed by atoms with Gasteiger partial charge in [0.15, 0.2) is 17.5 Å². The van der Waals surface area contributed by atoms with Gasteiger partial charge in [0.05, 0.1) is 20.3 Å². The van der Waals surface area contributed by atoms with Crippen LogP contribution in [0.4, 0.5) is 18.9 Å². The summed E-state index contributed by atoms with van der Waals surface area (Å²) in [7, 11) is 3.11. The number of methoxy groups -OCH3 is 1. The largest absolute Gasteiger partial charge is 0.493 e. The molecule has 0 aliphatic carbocycles. The van der Waals surface area contributed by atoms with Gasteiger partial charge >= 0.3 is 6.18 Å². The van der Waals surface area contributed by atoms with E-state index in [-0.39, 0.29) is 13.2 Å². The first-order valence-corrected chi connectivity index (χ1v) is 8.82. The Kier molecular flexibility index (Phi) is 7.93. The second kappa shape index (κ2) is 10.4. The number of nitrogens with zero attached hydrogens (tertiary/aromatic N) is 2. The van der Waals surface area contributed by atoms with E-state index in [1.807, 2.05) is 6.92 Å². The molecule has 2 N–H and O–H groups in total. The highest BCUT2D eigenvalue weighted by molar-refractivity contribution is 5.93. The Morgan fingerprint density at radius 3 is 2.62 bits per heavy atom. The first kappa shape index (κ1) is 22.1. The van der Waals surface area contributed by atoms with Crippen LogP contribution in [0.25, 0.3) is 0 Å². The lowest BCUT2D eigenvalue weighted by Gasteiger charge is -2.15. The highest BCUT2D eigenvalue weighted by atomic mass is 19.4. The topological polar surface area (TPSA) is 77.0 Å². The predicted molar refractivity (Wildman–Crippen MR) is 104 cm³/mol. The molecule has 1 heterocycles. The van der Waals surface area contributed by atoms with Crippen molar-refractivity contribution in [2.75, 3.05) is 39.2 Å². The Morgan fingerprint density at radius 1 is 1.17 bits per heavy atom. The Labute approximate surface area is 166 Å². The van der Waals surface area contributed by atoms with E-state index < -0.39 is 17.6 Å². The fourth-order valence-electron chi connectivity index (χ4n) is 2.37. The molecule has 0 unspecified atom stereocenters. The fourth-order valence-corrected chi connectivity index (χ4v) is 2.37. The van der Waals surface area contributed by atoms with Crippen molar-refractivity contribution in [2.45, 2.75) is 13.1 Å². The molecule has 0 aliphatic heterocycles. The lowest BCUT2D eigenvalue weighted by Crippen LogP contribution is -2.34. The van der Waals surface area contributed by atoms with E-state index in [9.17, 15) is 13.2 Å². The molecule has 10 heteroatoms. The molecule has 1 aromatic carbocycles. The molecule has 0 radical (unpaired) electrons. The number of aliphatic imine (C=N–C) groups is 1. The maximum atomic E-state index is 12.9. The number of hydrogen-bond donors (Lipinski definition) is 2. The maximum Gasteiger partial charge on any atom is 0.421 e. The van der Waals surface area contributed by atoms with Crippen molar-refractivity contribution in [1.82, 2.24) is 10.3 Å². The van der Waals surface area contributed by atoms with Crippen LogP contribution in [0.2, 0.25) is 0 Å². The minimum atomic E-state index is -4.53. The van der Waals surface area contributed by atoms with Gasteiger partial charge in [0.25, 0.3) is 0 Å². The van der Waals surface area contributed by atoms with Crippen molar-refractivity contribution < 1.29 is 27.4 Å². The molecular formula is C19H23F3N4O3. The number of alkyl halides is 3. The average Bonchev–Trinajstić information content (AvgIpc) is 2.71. The van der Waals surface area contributed by atoms with Gasteiger partial charge in [-0.2, -0.15) is 13.2 Å². The minimum Gasteiger partial charge on any atom is -0.493 e. The number of aromatic nitrogens is 1. The lowest BCUT2D eigenvalue weighted by molar-refractivity contribution is -0.139. The van der Waals surface area contributed by atoms with E-state index in [1.165, 1.54) is 12.3 Å². The van der Waals surface area contributed by atoms with Crippen LogP contribution in [0.5, 0.6) is 17.4 Å². The molecule has 2 aromatic rings. The van der Waals surface area contributed by atoms with Crippen molar-refractivity contribution in [3.8, 4) is 17.4 Å². The van der Waals surface area contributed by atoms with Crippen LogP contribution in [0.1, 0.15) is 12.5 Å². The van der Waals surface area contributed by atoms with E-state index >= 15 is 0 Å². The highest BCUT2D eigenvalue weighted by Crippen LogP contribution is 2.34. The summed E-state index contributed by atoms with van der Waals surface area (Å²) < 4.78 is 54.8. The van der Waals surface area contributed by atoms with Gasteiger partial charge in [-0.1, -0.05) is 0 Å². The molecule has 0 bridgehead atoms. The average molecular weight is 412 g/mol. The molecule has 2 rings (SSSR count). The summed E-state index contributed by atoms with van der Waals surface area (Å²) >= 11 is 0. The van der Waals surface area contributed by atoms with Gasteiger partial charge < -0.3 is 24.8 Å². The van der Waals surface area contributed by atoms with Gasteiger partial charge in [0.1, 0.15) is 12.2 Å². The summed E-state index contributed by atoms with van der Waals surface area (Å²) in [6.07, 6.45) is -3.28. The van der Waals surface area contributed by atoms with Crippen LogP contribution in [-0.2, 0) is 6.18 Å². The standard InChI is InChI=1S/C19H23F3N4O3/c1-4-28-15-8-7-13(12-16(15)27-3)26-18(23-2)25-10-11-29-17-14(19(20,21)22)6-5-9-24-17/h5-9,12H,4,10-11H2,1-3H3,(H2,23,25,26). The number of hydrogen-bond acceptors (Lipinski definition) is 5. The molecule has 1 aromatic heterocycles. The number of nitrogens with one attached hydrogen (secondary N) is 2. The quantitative estimate of drug-likeness (QED) is 0.392. The van der Waals surface area contributed by atoms with E-state index in [0.717, 1.165) is 6.07 Å². The predicted octanol–water partition coefficient (Wildman–Crippen LogP) is 3.57. The third-order valence-electron chi connectivity index (χ3n) is 3.66. The molecule has 0 saturated carbocycles. The lowest BCUT2D eigenvalue weighted by atomic mass is 10.2. The second-order valence-corrected chi connectivity index (χ2v) is 5.62. The van der Waals surface area contributed by atoms with E-state index in [2.05, 4.69) is 20.6 Å². The van der Waals surface area contributed by atoms with Crippen LogP contribution in [-0.4, -0.2) is 44.9 Å². The van der Waals surface area contributed by atoms with Gasteiger partial charge in [0.2, 0.25) is 5.88 Å². The van der Waals surface area contributed by atoms with Gasteiger partial charge in [0, 0.05) is 25.0 Å². The Hall–Kier alpha value is -3.17. The number of guanidine groups is 1.